The Morgan fingerprint density at radius 2 is 1.65 bits per heavy atom. The number of benzene rings is 1. The van der Waals surface area contributed by atoms with Crippen molar-refractivity contribution in [1.29, 1.82) is 0 Å². The van der Waals surface area contributed by atoms with E-state index in [9.17, 15) is 13.2 Å². The van der Waals surface area contributed by atoms with E-state index in [4.69, 9.17) is 0 Å². The number of piperazine rings is 1. The number of hydrogen-bond donors (Lipinski definition) is 0. The topological polar surface area (TPSA) is 73.3 Å². The summed E-state index contributed by atoms with van der Waals surface area (Å²) in [6.07, 6.45) is 0.307. The molecule has 0 radical (unpaired) electrons. The zero-order chi connectivity index (χ0) is 16.6. The van der Waals surface area contributed by atoms with Crippen molar-refractivity contribution in [1.82, 2.24) is 9.21 Å². The van der Waals surface area contributed by atoms with Crippen LogP contribution in [-0.2, 0) is 14.8 Å². The van der Waals surface area contributed by atoms with E-state index in [2.05, 4.69) is 10.0 Å². The van der Waals surface area contributed by atoms with Crippen molar-refractivity contribution in [2.24, 2.45) is 5.10 Å². The fraction of sp³-hybridized carbons (Fsp3) is 0.467. The smallest absolute Gasteiger partial charge is 0.253 e. The highest BCUT2D eigenvalue weighted by atomic mass is 32.2. The molecule has 1 aromatic rings. The number of sulfonamides is 1. The van der Waals surface area contributed by atoms with Crippen molar-refractivity contribution >= 4 is 27.3 Å². The van der Waals surface area contributed by atoms with Gasteiger partial charge in [0.2, 0.25) is 10.0 Å². The van der Waals surface area contributed by atoms with E-state index >= 15 is 0 Å². The zero-order valence-corrected chi connectivity index (χ0v) is 14.1. The first kappa shape index (κ1) is 16.1. The molecule has 8 heteroatoms. The second-order valence-corrected chi connectivity index (χ2v) is 7.86. The van der Waals surface area contributed by atoms with Gasteiger partial charge in [-0.25, -0.2) is 13.4 Å². The minimum Gasteiger partial charge on any atom is -0.304 e. The number of carbonyl (C=O) groups is 1. The summed E-state index contributed by atoms with van der Waals surface area (Å²) in [5.74, 6) is -0.0998. The predicted molar refractivity (Wildman–Crippen MR) is 87.9 cm³/mol. The molecule has 0 spiro atoms. The second kappa shape index (κ2) is 6.03. The quantitative estimate of drug-likeness (QED) is 0.816. The maximum absolute atomic E-state index is 12.6. The van der Waals surface area contributed by atoms with Crippen LogP contribution in [-0.4, -0.2) is 62.5 Å². The molecule has 2 heterocycles. The van der Waals surface area contributed by atoms with Crippen LogP contribution < -0.4 is 5.01 Å². The van der Waals surface area contributed by atoms with Gasteiger partial charge < -0.3 is 4.90 Å². The summed E-state index contributed by atoms with van der Waals surface area (Å²) in [7, 11) is -1.50. The van der Waals surface area contributed by atoms with Gasteiger partial charge in [0.15, 0.2) is 0 Å². The molecule has 7 nitrogen and oxygen atoms in total. The maximum Gasteiger partial charge on any atom is 0.253 e. The number of hydrazone groups is 1. The van der Waals surface area contributed by atoms with Gasteiger partial charge in [0.1, 0.15) is 0 Å². The van der Waals surface area contributed by atoms with E-state index < -0.39 is 10.0 Å². The lowest BCUT2D eigenvalue weighted by Gasteiger charge is -2.31. The Bertz CT molecular complexity index is 734. The Balaban J connectivity index is 1.80. The summed E-state index contributed by atoms with van der Waals surface area (Å²) in [4.78, 5) is 14.2. The maximum atomic E-state index is 12.6. The molecule has 0 bridgehead atoms. The molecule has 0 unspecified atom stereocenters. The number of hydrogen-bond acceptors (Lipinski definition) is 5. The van der Waals surface area contributed by atoms with E-state index in [1.54, 1.807) is 31.2 Å². The van der Waals surface area contributed by atoms with Crippen LogP contribution in [0.1, 0.15) is 13.3 Å². The van der Waals surface area contributed by atoms with Gasteiger partial charge in [-0.3, -0.25) is 4.79 Å². The number of carbonyl (C=O) groups excluding carboxylic acids is 1. The molecule has 1 aromatic carbocycles. The SMILES string of the molecule is CC1=NN(c2ccc(S(=O)(=O)N3CCN(C)CC3)cc2)C(=O)C1. The van der Waals surface area contributed by atoms with Crippen molar-refractivity contribution in [3.05, 3.63) is 24.3 Å². The van der Waals surface area contributed by atoms with Gasteiger partial charge in [-0.05, 0) is 38.2 Å². The van der Waals surface area contributed by atoms with Crippen LogP contribution in [0, 0.1) is 0 Å². The minimum atomic E-state index is -3.48. The van der Waals surface area contributed by atoms with Crippen LogP contribution in [0.25, 0.3) is 0 Å². The van der Waals surface area contributed by atoms with Gasteiger partial charge in [-0.1, -0.05) is 0 Å². The third kappa shape index (κ3) is 3.15. The van der Waals surface area contributed by atoms with E-state index in [1.807, 2.05) is 7.05 Å². The molecular weight excluding hydrogens is 316 g/mol. The fourth-order valence-corrected chi connectivity index (χ4v) is 4.12. The van der Waals surface area contributed by atoms with Crippen LogP contribution in [0.5, 0.6) is 0 Å². The van der Waals surface area contributed by atoms with Crippen molar-refractivity contribution in [3.63, 3.8) is 0 Å². The molecule has 124 valence electrons. The van der Waals surface area contributed by atoms with Crippen molar-refractivity contribution in [2.75, 3.05) is 38.2 Å². The Morgan fingerprint density at radius 1 is 1.04 bits per heavy atom. The minimum absolute atomic E-state index is 0.0998. The molecule has 0 atom stereocenters. The summed E-state index contributed by atoms with van der Waals surface area (Å²) < 4.78 is 26.8. The first-order valence-corrected chi connectivity index (χ1v) is 8.98. The predicted octanol–water partition coefficient (Wildman–Crippen LogP) is 0.735. The average Bonchev–Trinajstić information content (AvgIpc) is 2.86. The van der Waals surface area contributed by atoms with Crippen molar-refractivity contribution < 1.29 is 13.2 Å². The Hall–Kier alpha value is -1.77. The largest absolute Gasteiger partial charge is 0.304 e. The molecule has 0 aliphatic carbocycles. The standard InChI is InChI=1S/C15H20N4O3S/c1-12-11-15(20)19(16-12)13-3-5-14(6-4-13)23(21,22)18-9-7-17(2)8-10-18/h3-6H,7-11H2,1-2H3. The monoisotopic (exact) mass is 336 g/mol. The van der Waals surface area contributed by atoms with E-state index in [-0.39, 0.29) is 10.8 Å². The highest BCUT2D eigenvalue weighted by Gasteiger charge is 2.28. The molecule has 0 aromatic heterocycles. The van der Waals surface area contributed by atoms with E-state index in [0.29, 0.717) is 25.2 Å². The molecule has 2 aliphatic heterocycles. The van der Waals surface area contributed by atoms with Gasteiger partial charge >= 0.3 is 0 Å². The normalized spacial score (nSPS) is 20.9. The average molecular weight is 336 g/mol. The van der Waals surface area contributed by atoms with Crippen LogP contribution in [0.15, 0.2) is 34.3 Å². The molecule has 3 rings (SSSR count). The molecule has 0 N–H and O–H groups in total. The Kier molecular flexibility index (Phi) is 4.22. The van der Waals surface area contributed by atoms with Gasteiger partial charge in [-0.15, -0.1) is 0 Å². The van der Waals surface area contributed by atoms with Crippen molar-refractivity contribution in [2.45, 2.75) is 18.2 Å². The zero-order valence-electron chi connectivity index (χ0n) is 13.3. The van der Waals surface area contributed by atoms with E-state index in [1.165, 1.54) is 9.31 Å². The van der Waals surface area contributed by atoms with Crippen LogP contribution >= 0.6 is 0 Å². The highest BCUT2D eigenvalue weighted by molar-refractivity contribution is 7.89. The first-order chi connectivity index (χ1) is 10.9. The number of anilines is 1. The van der Waals surface area contributed by atoms with Gasteiger partial charge in [-0.2, -0.15) is 9.41 Å². The van der Waals surface area contributed by atoms with Crippen molar-refractivity contribution in [3.8, 4) is 0 Å². The molecule has 2 aliphatic rings. The van der Waals surface area contributed by atoms with Crippen LogP contribution in [0.4, 0.5) is 5.69 Å². The lowest BCUT2D eigenvalue weighted by atomic mass is 10.3. The molecular formula is C15H20N4O3S. The molecule has 0 saturated carbocycles. The summed E-state index contributed by atoms with van der Waals surface area (Å²) >= 11 is 0. The number of rotatable bonds is 3. The fourth-order valence-electron chi connectivity index (χ4n) is 2.69. The van der Waals surface area contributed by atoms with E-state index in [0.717, 1.165) is 18.8 Å². The number of amides is 1. The lowest BCUT2D eigenvalue weighted by molar-refractivity contribution is -0.116. The van der Waals surface area contributed by atoms with Crippen LogP contribution in [0.2, 0.25) is 0 Å². The number of likely N-dealkylation sites (N-methyl/N-ethyl adjacent to an activating group) is 1. The summed E-state index contributed by atoms with van der Waals surface area (Å²) in [5.41, 5.74) is 1.34. The summed E-state index contributed by atoms with van der Waals surface area (Å²) in [5, 5.41) is 5.49. The van der Waals surface area contributed by atoms with Gasteiger partial charge in [0.05, 0.1) is 17.0 Å². The Morgan fingerprint density at radius 3 is 2.17 bits per heavy atom. The number of nitrogens with zero attached hydrogens (tertiary/aromatic N) is 4. The first-order valence-electron chi connectivity index (χ1n) is 7.54. The second-order valence-electron chi connectivity index (χ2n) is 5.92. The lowest BCUT2D eigenvalue weighted by Crippen LogP contribution is -2.46. The molecule has 1 amide bonds. The molecule has 23 heavy (non-hydrogen) atoms. The third-order valence-corrected chi connectivity index (χ3v) is 6.01. The summed E-state index contributed by atoms with van der Waals surface area (Å²) in [6, 6.07) is 6.34. The van der Waals surface area contributed by atoms with Gasteiger partial charge in [0.25, 0.3) is 5.91 Å². The third-order valence-electron chi connectivity index (χ3n) is 4.10. The highest BCUT2D eigenvalue weighted by Crippen LogP contribution is 2.24. The summed E-state index contributed by atoms with van der Waals surface area (Å²) in [6.45, 7) is 4.24. The Labute approximate surface area is 136 Å². The van der Waals surface area contributed by atoms with Gasteiger partial charge in [0, 0.05) is 31.9 Å². The molecule has 1 saturated heterocycles. The molecule has 1 fully saturated rings. The van der Waals surface area contributed by atoms with Crippen LogP contribution in [0.3, 0.4) is 0 Å².